The van der Waals surface area contributed by atoms with Crippen molar-refractivity contribution < 1.29 is 4.42 Å². The standard InChI is InChI=1S/C22H31N7O/c1-5-23-22(28(3)16-21-25-17-26-29(21)4)24-13-18-9-6-7-10-19(18)14-27(2)15-20-11-8-12-30-20/h6-12,17H,5,13-16H2,1-4H3,(H,23,24). The van der Waals surface area contributed by atoms with E-state index in [2.05, 4.69) is 63.4 Å². The molecule has 8 heteroatoms. The third-order valence-corrected chi connectivity index (χ3v) is 4.84. The fourth-order valence-corrected chi connectivity index (χ4v) is 3.26. The van der Waals surface area contributed by atoms with Crippen LogP contribution >= 0.6 is 0 Å². The number of hydrogen-bond acceptors (Lipinski definition) is 5. The molecule has 0 aliphatic carbocycles. The smallest absolute Gasteiger partial charge is 0.194 e. The average Bonchev–Trinajstić information content (AvgIpc) is 3.38. The molecule has 30 heavy (non-hydrogen) atoms. The second-order valence-electron chi connectivity index (χ2n) is 7.35. The molecule has 0 aliphatic heterocycles. The van der Waals surface area contributed by atoms with Crippen LogP contribution in [0.3, 0.4) is 0 Å². The van der Waals surface area contributed by atoms with E-state index in [0.717, 1.165) is 37.2 Å². The van der Waals surface area contributed by atoms with Gasteiger partial charge in [-0.3, -0.25) is 9.58 Å². The van der Waals surface area contributed by atoms with E-state index < -0.39 is 0 Å². The molecule has 2 heterocycles. The van der Waals surface area contributed by atoms with Crippen LogP contribution in [0, 0.1) is 0 Å². The van der Waals surface area contributed by atoms with E-state index in [9.17, 15) is 0 Å². The maximum Gasteiger partial charge on any atom is 0.194 e. The molecule has 0 bridgehead atoms. The topological polar surface area (TPSA) is 74.7 Å². The Morgan fingerprint density at radius 3 is 2.57 bits per heavy atom. The Morgan fingerprint density at radius 2 is 1.90 bits per heavy atom. The number of aromatic nitrogens is 3. The molecule has 0 unspecified atom stereocenters. The monoisotopic (exact) mass is 409 g/mol. The van der Waals surface area contributed by atoms with Crippen LogP contribution in [0.25, 0.3) is 0 Å². The van der Waals surface area contributed by atoms with Crippen molar-refractivity contribution in [2.75, 3.05) is 20.6 Å². The highest BCUT2D eigenvalue weighted by molar-refractivity contribution is 5.79. The quantitative estimate of drug-likeness (QED) is 0.433. The van der Waals surface area contributed by atoms with E-state index in [-0.39, 0.29) is 0 Å². The fourth-order valence-electron chi connectivity index (χ4n) is 3.26. The third kappa shape index (κ3) is 5.93. The van der Waals surface area contributed by atoms with Crippen LogP contribution in [0.4, 0.5) is 0 Å². The predicted molar refractivity (Wildman–Crippen MR) is 118 cm³/mol. The average molecular weight is 410 g/mol. The van der Waals surface area contributed by atoms with Gasteiger partial charge in [0.25, 0.3) is 0 Å². The van der Waals surface area contributed by atoms with Gasteiger partial charge in [0.05, 0.1) is 25.9 Å². The number of benzene rings is 1. The lowest BCUT2D eigenvalue weighted by molar-refractivity contribution is 0.287. The molecule has 0 saturated carbocycles. The SMILES string of the molecule is CCNC(=NCc1ccccc1CN(C)Cc1ccco1)N(C)Cc1ncnn1C. The van der Waals surface area contributed by atoms with Gasteiger partial charge in [-0.2, -0.15) is 5.10 Å². The Balaban J connectivity index is 1.68. The number of hydrogen-bond donors (Lipinski definition) is 1. The first-order chi connectivity index (χ1) is 14.6. The number of furan rings is 1. The first kappa shape index (κ1) is 21.6. The first-order valence-electron chi connectivity index (χ1n) is 10.2. The highest BCUT2D eigenvalue weighted by Gasteiger charge is 2.11. The molecular formula is C22H31N7O. The Bertz CT molecular complexity index is 933. The molecule has 0 saturated heterocycles. The molecule has 160 valence electrons. The zero-order valence-electron chi connectivity index (χ0n) is 18.2. The molecule has 0 amide bonds. The zero-order valence-corrected chi connectivity index (χ0v) is 18.2. The van der Waals surface area contributed by atoms with E-state index in [1.165, 1.54) is 11.1 Å². The van der Waals surface area contributed by atoms with Crippen molar-refractivity contribution in [1.82, 2.24) is 29.9 Å². The summed E-state index contributed by atoms with van der Waals surface area (Å²) in [5.74, 6) is 2.70. The highest BCUT2D eigenvalue weighted by Crippen LogP contribution is 2.14. The minimum atomic E-state index is 0.607. The normalized spacial score (nSPS) is 11.8. The van der Waals surface area contributed by atoms with Gasteiger partial charge in [0.15, 0.2) is 5.96 Å². The Labute approximate surface area is 178 Å². The second kappa shape index (κ2) is 10.6. The lowest BCUT2D eigenvalue weighted by atomic mass is 10.1. The third-order valence-electron chi connectivity index (χ3n) is 4.84. The molecule has 1 N–H and O–H groups in total. The molecule has 8 nitrogen and oxygen atoms in total. The van der Waals surface area contributed by atoms with E-state index in [1.807, 2.05) is 26.2 Å². The lowest BCUT2D eigenvalue weighted by Gasteiger charge is -2.22. The Kier molecular flexibility index (Phi) is 7.62. The number of nitrogens with one attached hydrogen (secondary N) is 1. The number of rotatable bonds is 9. The summed E-state index contributed by atoms with van der Waals surface area (Å²) >= 11 is 0. The lowest BCUT2D eigenvalue weighted by Crippen LogP contribution is -2.39. The van der Waals surface area contributed by atoms with Gasteiger partial charge in [-0.05, 0) is 37.2 Å². The molecule has 2 aromatic heterocycles. The fraction of sp³-hybridized carbons (Fsp3) is 0.409. The maximum atomic E-state index is 5.47. The second-order valence-corrected chi connectivity index (χ2v) is 7.35. The summed E-state index contributed by atoms with van der Waals surface area (Å²) in [4.78, 5) is 13.5. The number of aryl methyl sites for hydroxylation is 1. The van der Waals surface area contributed by atoms with Crippen LogP contribution in [-0.4, -0.2) is 51.2 Å². The van der Waals surface area contributed by atoms with Crippen LogP contribution in [0.1, 0.15) is 29.6 Å². The van der Waals surface area contributed by atoms with Crippen molar-refractivity contribution in [1.29, 1.82) is 0 Å². The van der Waals surface area contributed by atoms with Gasteiger partial charge >= 0.3 is 0 Å². The number of guanidine groups is 1. The van der Waals surface area contributed by atoms with Crippen LogP contribution in [0.5, 0.6) is 0 Å². The van der Waals surface area contributed by atoms with Crippen molar-refractivity contribution in [2.24, 2.45) is 12.0 Å². The van der Waals surface area contributed by atoms with Crippen molar-refractivity contribution in [3.8, 4) is 0 Å². The summed E-state index contributed by atoms with van der Waals surface area (Å²) in [6, 6.07) is 12.4. The summed E-state index contributed by atoms with van der Waals surface area (Å²) in [6.45, 7) is 5.72. The zero-order chi connectivity index (χ0) is 21.3. The van der Waals surface area contributed by atoms with Crippen LogP contribution in [0.15, 0.2) is 58.4 Å². The summed E-state index contributed by atoms with van der Waals surface area (Å²) in [5.41, 5.74) is 2.48. The summed E-state index contributed by atoms with van der Waals surface area (Å²) in [7, 11) is 6.01. The Hall–Kier alpha value is -3.13. The summed E-state index contributed by atoms with van der Waals surface area (Å²) in [5, 5.41) is 7.51. The molecule has 3 rings (SSSR count). The van der Waals surface area contributed by atoms with Crippen LogP contribution in [-0.2, 0) is 33.2 Å². The Morgan fingerprint density at radius 1 is 1.10 bits per heavy atom. The molecule has 0 fully saturated rings. The number of nitrogens with zero attached hydrogens (tertiary/aromatic N) is 6. The van der Waals surface area contributed by atoms with E-state index >= 15 is 0 Å². The molecule has 3 aromatic rings. The van der Waals surface area contributed by atoms with Crippen molar-refractivity contribution in [3.05, 3.63) is 71.7 Å². The van der Waals surface area contributed by atoms with Crippen LogP contribution in [0.2, 0.25) is 0 Å². The molecule has 0 spiro atoms. The van der Waals surface area contributed by atoms with E-state index in [4.69, 9.17) is 9.41 Å². The van der Waals surface area contributed by atoms with E-state index in [0.29, 0.717) is 13.1 Å². The van der Waals surface area contributed by atoms with Crippen molar-refractivity contribution in [2.45, 2.75) is 33.1 Å². The van der Waals surface area contributed by atoms with Crippen LogP contribution < -0.4 is 5.32 Å². The van der Waals surface area contributed by atoms with Crippen molar-refractivity contribution >= 4 is 5.96 Å². The largest absolute Gasteiger partial charge is 0.468 e. The first-order valence-corrected chi connectivity index (χ1v) is 10.2. The number of aliphatic imine (C=N–C) groups is 1. The molecule has 0 aliphatic rings. The van der Waals surface area contributed by atoms with Gasteiger partial charge in [-0.1, -0.05) is 24.3 Å². The van der Waals surface area contributed by atoms with Gasteiger partial charge in [0.2, 0.25) is 0 Å². The van der Waals surface area contributed by atoms with Gasteiger partial charge in [0.1, 0.15) is 17.9 Å². The van der Waals surface area contributed by atoms with E-state index in [1.54, 1.807) is 17.3 Å². The highest BCUT2D eigenvalue weighted by atomic mass is 16.3. The van der Waals surface area contributed by atoms with Crippen molar-refractivity contribution in [3.63, 3.8) is 0 Å². The maximum absolute atomic E-state index is 5.47. The van der Waals surface area contributed by atoms with Gasteiger partial charge in [-0.15, -0.1) is 0 Å². The summed E-state index contributed by atoms with van der Waals surface area (Å²) in [6.07, 6.45) is 3.29. The van der Waals surface area contributed by atoms with Gasteiger partial charge in [0, 0.05) is 27.2 Å². The minimum absolute atomic E-state index is 0.607. The molecule has 0 atom stereocenters. The molecule has 0 radical (unpaired) electrons. The summed E-state index contributed by atoms with van der Waals surface area (Å²) < 4.78 is 7.25. The molecule has 1 aromatic carbocycles. The predicted octanol–water partition coefficient (Wildman–Crippen LogP) is 2.64. The molecular weight excluding hydrogens is 378 g/mol. The minimum Gasteiger partial charge on any atom is -0.468 e. The van der Waals surface area contributed by atoms with Gasteiger partial charge in [-0.25, -0.2) is 9.98 Å². The van der Waals surface area contributed by atoms with Gasteiger partial charge < -0.3 is 14.6 Å².